The van der Waals surface area contributed by atoms with Crippen LogP contribution < -0.4 is 0 Å². The van der Waals surface area contributed by atoms with Crippen LogP contribution in [0.5, 0.6) is 0 Å². The second-order valence-electron chi connectivity index (χ2n) is 10.2. The van der Waals surface area contributed by atoms with Crippen LogP contribution >= 0.6 is 0 Å². The zero-order chi connectivity index (χ0) is 19.9. The molecule has 0 saturated carbocycles. The molecule has 0 aliphatic heterocycles. The SMILES string of the molecule is C=C(C[Si]([Si](C)(C)C)([Si](C)(C)C)[Si](C)(C)C)S(=O)(=O)c1ccccc1. The van der Waals surface area contributed by atoms with Gasteiger partial charge in [0, 0.05) is 34.3 Å². The quantitative estimate of drug-likeness (QED) is 0.524. The molecule has 2 nitrogen and oxygen atoms in total. The molecule has 0 spiro atoms. The first kappa shape index (κ1) is 22.8. The zero-order valence-electron chi connectivity index (χ0n) is 17.5. The van der Waals surface area contributed by atoms with Crippen LogP contribution in [0, 0.1) is 0 Å². The highest BCUT2D eigenvalue weighted by molar-refractivity contribution is 7.96. The van der Waals surface area contributed by atoms with E-state index in [-0.39, 0.29) is 0 Å². The Morgan fingerprint density at radius 2 is 1.16 bits per heavy atom. The first-order valence-corrected chi connectivity index (χ1v) is 26.2. The van der Waals surface area contributed by atoms with Crippen molar-refractivity contribution in [1.82, 2.24) is 0 Å². The van der Waals surface area contributed by atoms with E-state index >= 15 is 0 Å². The third-order valence-electron chi connectivity index (χ3n) is 5.74. The third-order valence-corrected chi connectivity index (χ3v) is 81.6. The molecule has 0 aliphatic carbocycles. The van der Waals surface area contributed by atoms with Crippen LogP contribution in [0.25, 0.3) is 0 Å². The fourth-order valence-electron chi connectivity index (χ4n) is 5.33. The first-order valence-electron chi connectivity index (χ1n) is 8.96. The molecule has 0 aliphatic rings. The van der Waals surface area contributed by atoms with E-state index in [2.05, 4.69) is 65.5 Å². The molecule has 25 heavy (non-hydrogen) atoms. The Morgan fingerprint density at radius 3 is 1.48 bits per heavy atom. The Morgan fingerprint density at radius 1 is 0.800 bits per heavy atom. The summed E-state index contributed by atoms with van der Waals surface area (Å²) in [5.41, 5.74) is 0. The van der Waals surface area contributed by atoms with Crippen LogP contribution in [0.15, 0.2) is 46.7 Å². The fourth-order valence-corrected chi connectivity index (χ4v) is 105. The van der Waals surface area contributed by atoms with Gasteiger partial charge in [0.25, 0.3) is 0 Å². The monoisotopic (exact) mass is 428 g/mol. The Labute approximate surface area is 159 Å². The molecular weight excluding hydrogens is 393 g/mol. The predicted molar refractivity (Wildman–Crippen MR) is 123 cm³/mol. The number of benzene rings is 1. The number of allylic oxidation sites excluding steroid dienone is 1. The summed E-state index contributed by atoms with van der Waals surface area (Å²) >= 11 is 0. The molecule has 0 heterocycles. The van der Waals surface area contributed by atoms with Crippen LogP contribution in [-0.4, -0.2) is 37.8 Å². The van der Waals surface area contributed by atoms with Gasteiger partial charge in [0.05, 0.1) is 4.90 Å². The van der Waals surface area contributed by atoms with Gasteiger partial charge in [-0.25, -0.2) is 8.42 Å². The smallest absolute Gasteiger partial charge is 0.201 e. The molecule has 0 bridgehead atoms. The first-order chi connectivity index (χ1) is 11.0. The van der Waals surface area contributed by atoms with Crippen LogP contribution in [0.4, 0.5) is 0 Å². The minimum Gasteiger partial charge on any atom is -0.219 e. The van der Waals surface area contributed by atoms with E-state index in [1.165, 1.54) is 0 Å². The van der Waals surface area contributed by atoms with Gasteiger partial charge < -0.3 is 0 Å². The minimum atomic E-state index is -3.45. The maximum absolute atomic E-state index is 13.2. The molecule has 0 fully saturated rings. The van der Waals surface area contributed by atoms with E-state index in [0.717, 1.165) is 6.04 Å². The molecule has 0 saturated heterocycles. The van der Waals surface area contributed by atoms with E-state index in [0.29, 0.717) is 9.80 Å². The van der Waals surface area contributed by atoms with Gasteiger partial charge in [0.2, 0.25) is 9.84 Å². The lowest BCUT2D eigenvalue weighted by molar-refractivity contribution is 0.602. The Balaban J connectivity index is 3.54. The van der Waals surface area contributed by atoms with Crippen molar-refractivity contribution in [3.8, 4) is 0 Å². The molecule has 1 aromatic rings. The van der Waals surface area contributed by atoms with Gasteiger partial charge >= 0.3 is 0 Å². The predicted octanol–water partition coefficient (Wildman–Crippen LogP) is 5.67. The standard InChI is InChI=1S/C18H36O2SSi4/c1-17(21(19,20)18-14-12-11-13-15-18)16-25(22(2,3)4,23(5,6)7)24(8,9)10/h11-15H,1,16H2,2-10H3. The van der Waals surface area contributed by atoms with Gasteiger partial charge in [-0.05, 0) is 18.2 Å². The lowest BCUT2D eigenvalue weighted by Gasteiger charge is -2.57. The maximum atomic E-state index is 13.2. The second-order valence-corrected chi connectivity index (χ2v) is 53.6. The van der Waals surface area contributed by atoms with E-state index in [4.69, 9.17) is 0 Å². The van der Waals surface area contributed by atoms with Crippen molar-refractivity contribution >= 4 is 39.2 Å². The van der Waals surface area contributed by atoms with Crippen molar-refractivity contribution in [2.45, 2.75) is 69.9 Å². The fraction of sp³-hybridized carbons (Fsp3) is 0.556. The van der Waals surface area contributed by atoms with E-state index in [1.54, 1.807) is 24.3 Å². The Hall–Kier alpha value is -0.222. The Bertz CT molecular complexity index is 685. The molecule has 0 aromatic heterocycles. The van der Waals surface area contributed by atoms with Gasteiger partial charge in [0.1, 0.15) is 0 Å². The lowest BCUT2D eigenvalue weighted by atomic mass is 10.4. The largest absolute Gasteiger partial charge is 0.219 e. The molecular formula is C18H36O2SSi4. The van der Waals surface area contributed by atoms with Crippen molar-refractivity contribution in [1.29, 1.82) is 0 Å². The van der Waals surface area contributed by atoms with Gasteiger partial charge in [0.15, 0.2) is 0 Å². The summed E-state index contributed by atoms with van der Waals surface area (Å²) in [5.74, 6) is 0. The van der Waals surface area contributed by atoms with E-state index in [9.17, 15) is 8.42 Å². The summed E-state index contributed by atoms with van der Waals surface area (Å²) in [5, 5.41) is 0. The molecule has 7 heteroatoms. The van der Waals surface area contributed by atoms with Crippen LogP contribution in [0.2, 0.25) is 65.0 Å². The van der Waals surface area contributed by atoms with Crippen molar-refractivity contribution in [3.63, 3.8) is 0 Å². The van der Waals surface area contributed by atoms with Gasteiger partial charge in [-0.1, -0.05) is 83.7 Å². The maximum Gasteiger partial charge on any atom is 0.201 e. The minimum absolute atomic E-state index is 0.393. The van der Waals surface area contributed by atoms with E-state index in [1.807, 2.05) is 6.07 Å². The van der Waals surface area contributed by atoms with Crippen molar-refractivity contribution in [2.24, 2.45) is 0 Å². The summed E-state index contributed by atoms with van der Waals surface area (Å²) in [6.07, 6.45) is 0. The summed E-state index contributed by atoms with van der Waals surface area (Å²) in [7, 11) is -7.99. The topological polar surface area (TPSA) is 34.1 Å². The van der Waals surface area contributed by atoms with Crippen molar-refractivity contribution in [2.75, 3.05) is 0 Å². The molecule has 0 amide bonds. The molecule has 0 N–H and O–H groups in total. The molecule has 142 valence electrons. The molecule has 1 rings (SSSR count). The van der Waals surface area contributed by atoms with Crippen molar-refractivity contribution in [3.05, 3.63) is 41.8 Å². The summed E-state index contributed by atoms with van der Waals surface area (Å²) in [4.78, 5) is 0.863. The van der Waals surface area contributed by atoms with E-state index < -0.39 is 39.2 Å². The number of rotatable bonds is 7. The molecule has 0 atom stereocenters. The normalized spacial score (nSPS) is 14.4. The molecule has 1 aromatic carbocycles. The van der Waals surface area contributed by atoms with Gasteiger partial charge in [-0.3, -0.25) is 0 Å². The van der Waals surface area contributed by atoms with Gasteiger partial charge in [-0.2, -0.15) is 0 Å². The third kappa shape index (κ3) is 4.21. The highest BCUT2D eigenvalue weighted by atomic mass is 32.2. The van der Waals surface area contributed by atoms with Crippen LogP contribution in [-0.2, 0) is 9.84 Å². The average molecular weight is 429 g/mol. The molecule has 0 unspecified atom stereocenters. The second kappa shape index (κ2) is 7.07. The van der Waals surface area contributed by atoms with Crippen LogP contribution in [0.1, 0.15) is 0 Å². The average Bonchev–Trinajstić information content (AvgIpc) is 2.41. The Kier molecular flexibility index (Phi) is 6.45. The summed E-state index contributed by atoms with van der Waals surface area (Å²) in [6, 6.07) is 9.60. The highest BCUT2D eigenvalue weighted by Crippen LogP contribution is 2.43. The lowest BCUT2D eigenvalue weighted by Crippen LogP contribution is -2.82. The summed E-state index contributed by atoms with van der Waals surface area (Å²) < 4.78 is 26.3. The highest BCUT2D eigenvalue weighted by Gasteiger charge is 2.61. The molecule has 0 radical (unpaired) electrons. The number of hydrogen-bond acceptors (Lipinski definition) is 2. The zero-order valence-corrected chi connectivity index (χ0v) is 22.3. The number of hydrogen-bond donors (Lipinski definition) is 0. The summed E-state index contributed by atoms with van der Waals surface area (Å²) in [6.45, 7) is 24.7. The van der Waals surface area contributed by atoms with Gasteiger partial charge in [-0.15, -0.1) is 0 Å². The van der Waals surface area contributed by atoms with Crippen LogP contribution in [0.3, 0.4) is 0 Å². The number of sulfone groups is 1. The van der Waals surface area contributed by atoms with Crippen molar-refractivity contribution < 1.29 is 8.42 Å².